The van der Waals surface area contributed by atoms with E-state index in [0.29, 0.717) is 44.5 Å². The van der Waals surface area contributed by atoms with Crippen LogP contribution in [0.4, 0.5) is 4.79 Å². The smallest absolute Gasteiger partial charge is 0.410 e. The topological polar surface area (TPSA) is 86.7 Å². The number of hydrogen-bond donors (Lipinski definition) is 1. The van der Waals surface area contributed by atoms with Crippen molar-refractivity contribution in [3.05, 3.63) is 95.6 Å². The molecule has 3 aromatic rings. The van der Waals surface area contributed by atoms with Crippen LogP contribution in [0.2, 0.25) is 0 Å². The maximum atomic E-state index is 13.0. The van der Waals surface area contributed by atoms with Crippen LogP contribution in [-0.4, -0.2) is 61.3 Å². The lowest BCUT2D eigenvalue weighted by Gasteiger charge is -2.35. The van der Waals surface area contributed by atoms with Gasteiger partial charge in [-0.2, -0.15) is 0 Å². The van der Waals surface area contributed by atoms with E-state index in [-0.39, 0.29) is 26.4 Å². The summed E-state index contributed by atoms with van der Waals surface area (Å²) in [7, 11) is 0. The minimum Gasteiger partial charge on any atom is -0.485 e. The molecule has 0 heterocycles. The molecule has 0 saturated carbocycles. The standard InChI is InChI=1S/C32H41NO7/c1-32(2,3)33(31(35)38-21-20-37-19-18-36-17-16-34)23-28-14-15-29(39-24-26-10-6-4-7-11-26)30(22-28)40-25-27-12-8-5-9-13-27/h4-15,22,34H,16-21,23-25H2,1-3H3. The van der Waals surface area contributed by atoms with Gasteiger partial charge in [0.05, 0.1) is 33.0 Å². The summed E-state index contributed by atoms with van der Waals surface area (Å²) in [6, 6.07) is 25.7. The van der Waals surface area contributed by atoms with E-state index in [2.05, 4.69) is 0 Å². The first kappa shape index (κ1) is 30.9. The van der Waals surface area contributed by atoms with Crippen LogP contribution in [0.1, 0.15) is 37.5 Å². The van der Waals surface area contributed by atoms with Crippen molar-refractivity contribution in [2.75, 3.05) is 39.6 Å². The fourth-order valence-corrected chi connectivity index (χ4v) is 3.76. The molecule has 0 aliphatic rings. The number of nitrogens with zero attached hydrogens (tertiary/aromatic N) is 1. The molecule has 3 rings (SSSR count). The highest BCUT2D eigenvalue weighted by Gasteiger charge is 2.28. The Morgan fingerprint density at radius 3 is 1.82 bits per heavy atom. The number of carbonyl (C=O) groups is 1. The van der Waals surface area contributed by atoms with Crippen LogP contribution < -0.4 is 9.47 Å². The first-order valence-electron chi connectivity index (χ1n) is 13.5. The van der Waals surface area contributed by atoms with E-state index in [1.807, 2.05) is 99.6 Å². The highest BCUT2D eigenvalue weighted by atomic mass is 16.6. The molecule has 0 radical (unpaired) electrons. The number of hydrogen-bond acceptors (Lipinski definition) is 7. The van der Waals surface area contributed by atoms with Gasteiger partial charge in [0.25, 0.3) is 0 Å². The number of benzene rings is 3. The molecule has 8 nitrogen and oxygen atoms in total. The van der Waals surface area contributed by atoms with Gasteiger partial charge in [0.2, 0.25) is 0 Å². The molecule has 0 aliphatic carbocycles. The van der Waals surface area contributed by atoms with E-state index in [0.717, 1.165) is 16.7 Å². The van der Waals surface area contributed by atoms with Crippen LogP contribution in [0, 0.1) is 0 Å². The number of carbonyl (C=O) groups excluding carboxylic acids is 1. The van der Waals surface area contributed by atoms with Crippen molar-refractivity contribution in [3.63, 3.8) is 0 Å². The average Bonchev–Trinajstić information content (AvgIpc) is 2.96. The number of ether oxygens (including phenoxy) is 5. The SMILES string of the molecule is CC(C)(C)N(Cc1ccc(OCc2ccccc2)c(OCc2ccccc2)c1)C(=O)OCCOCCOCCO. The third-order valence-electron chi connectivity index (χ3n) is 5.91. The van der Waals surface area contributed by atoms with E-state index in [1.54, 1.807) is 4.90 Å². The molecule has 0 atom stereocenters. The van der Waals surface area contributed by atoms with Gasteiger partial charge in [-0.1, -0.05) is 66.7 Å². The second-order valence-electron chi connectivity index (χ2n) is 10.1. The lowest BCUT2D eigenvalue weighted by molar-refractivity contribution is 0.00830. The zero-order valence-electron chi connectivity index (χ0n) is 23.7. The largest absolute Gasteiger partial charge is 0.485 e. The Morgan fingerprint density at radius 2 is 1.25 bits per heavy atom. The Bertz CT molecular complexity index is 1130. The van der Waals surface area contributed by atoms with E-state index >= 15 is 0 Å². The predicted molar refractivity (Wildman–Crippen MR) is 153 cm³/mol. The minimum absolute atomic E-state index is 0.0235. The van der Waals surface area contributed by atoms with E-state index in [1.165, 1.54) is 0 Å². The second-order valence-corrected chi connectivity index (χ2v) is 10.1. The Balaban J connectivity index is 1.66. The van der Waals surface area contributed by atoms with Crippen LogP contribution in [0.5, 0.6) is 11.5 Å². The van der Waals surface area contributed by atoms with Crippen molar-refractivity contribution in [1.29, 1.82) is 0 Å². The van der Waals surface area contributed by atoms with Gasteiger partial charge in [-0.25, -0.2) is 4.79 Å². The Kier molecular flexibility index (Phi) is 12.8. The molecule has 1 N–H and O–H groups in total. The molecular weight excluding hydrogens is 510 g/mol. The predicted octanol–water partition coefficient (Wildman–Crippen LogP) is 5.61. The number of aliphatic hydroxyl groups excluding tert-OH is 1. The third-order valence-corrected chi connectivity index (χ3v) is 5.91. The van der Waals surface area contributed by atoms with Gasteiger partial charge in [-0.05, 0) is 49.6 Å². The lowest BCUT2D eigenvalue weighted by atomic mass is 10.0. The van der Waals surface area contributed by atoms with E-state index in [9.17, 15) is 4.79 Å². The van der Waals surface area contributed by atoms with Gasteiger partial charge in [0.1, 0.15) is 19.8 Å². The first-order valence-corrected chi connectivity index (χ1v) is 13.5. The molecule has 0 unspecified atom stereocenters. The van der Waals surface area contributed by atoms with Crippen molar-refractivity contribution in [2.45, 2.75) is 46.1 Å². The summed E-state index contributed by atoms with van der Waals surface area (Å²) in [6.45, 7) is 8.42. The third kappa shape index (κ3) is 10.9. The highest BCUT2D eigenvalue weighted by Crippen LogP contribution is 2.31. The van der Waals surface area contributed by atoms with Gasteiger partial charge in [0, 0.05) is 12.1 Å². The zero-order chi connectivity index (χ0) is 28.6. The van der Waals surface area contributed by atoms with Crippen molar-refractivity contribution < 1.29 is 33.6 Å². The molecule has 3 aromatic carbocycles. The fraction of sp³-hybridized carbons (Fsp3) is 0.406. The van der Waals surface area contributed by atoms with Gasteiger partial charge >= 0.3 is 6.09 Å². The lowest BCUT2D eigenvalue weighted by Crippen LogP contribution is -2.45. The Labute approximate surface area is 237 Å². The van der Waals surface area contributed by atoms with Crippen LogP contribution in [0.3, 0.4) is 0 Å². The summed E-state index contributed by atoms with van der Waals surface area (Å²) >= 11 is 0. The van der Waals surface area contributed by atoms with Gasteiger partial charge < -0.3 is 28.8 Å². The number of rotatable bonds is 16. The molecule has 0 spiro atoms. The average molecular weight is 552 g/mol. The number of aliphatic hydroxyl groups is 1. The maximum absolute atomic E-state index is 13.0. The molecule has 1 amide bonds. The highest BCUT2D eigenvalue weighted by molar-refractivity contribution is 5.68. The normalized spacial score (nSPS) is 11.2. The van der Waals surface area contributed by atoms with Crippen molar-refractivity contribution >= 4 is 6.09 Å². The van der Waals surface area contributed by atoms with Crippen molar-refractivity contribution in [2.24, 2.45) is 0 Å². The monoisotopic (exact) mass is 551 g/mol. The quantitative estimate of drug-likeness (QED) is 0.232. The molecule has 0 bridgehead atoms. The first-order chi connectivity index (χ1) is 19.4. The van der Waals surface area contributed by atoms with Crippen LogP contribution in [0.15, 0.2) is 78.9 Å². The van der Waals surface area contributed by atoms with Gasteiger partial charge in [-0.3, -0.25) is 4.90 Å². The molecule has 0 fully saturated rings. The van der Waals surface area contributed by atoms with E-state index < -0.39 is 11.6 Å². The molecule has 8 heteroatoms. The second kappa shape index (κ2) is 16.5. The van der Waals surface area contributed by atoms with Gasteiger partial charge in [0.15, 0.2) is 11.5 Å². The Hall–Kier alpha value is -3.59. The number of amides is 1. The summed E-state index contributed by atoms with van der Waals surface area (Å²) < 4.78 is 28.4. The molecule has 0 saturated heterocycles. The maximum Gasteiger partial charge on any atom is 0.410 e. The van der Waals surface area contributed by atoms with E-state index in [4.69, 9.17) is 28.8 Å². The molecule has 216 valence electrons. The van der Waals surface area contributed by atoms with Crippen LogP contribution in [-0.2, 0) is 34.0 Å². The molecular formula is C32H41NO7. The Morgan fingerprint density at radius 1 is 0.700 bits per heavy atom. The van der Waals surface area contributed by atoms with Crippen molar-refractivity contribution in [1.82, 2.24) is 4.90 Å². The van der Waals surface area contributed by atoms with Crippen molar-refractivity contribution in [3.8, 4) is 11.5 Å². The van der Waals surface area contributed by atoms with Crippen LogP contribution in [0.25, 0.3) is 0 Å². The summed E-state index contributed by atoms with van der Waals surface area (Å²) in [6.07, 6.45) is -0.427. The molecule has 0 aromatic heterocycles. The minimum atomic E-state index is -0.483. The summed E-state index contributed by atoms with van der Waals surface area (Å²) in [5, 5.41) is 8.72. The fourth-order valence-electron chi connectivity index (χ4n) is 3.76. The van der Waals surface area contributed by atoms with Gasteiger partial charge in [-0.15, -0.1) is 0 Å². The zero-order valence-corrected chi connectivity index (χ0v) is 23.7. The summed E-state index contributed by atoms with van der Waals surface area (Å²) in [5.74, 6) is 1.24. The summed E-state index contributed by atoms with van der Waals surface area (Å²) in [4.78, 5) is 14.7. The molecule has 0 aliphatic heterocycles. The summed E-state index contributed by atoms with van der Waals surface area (Å²) in [5.41, 5.74) is 2.51. The van der Waals surface area contributed by atoms with Crippen LogP contribution >= 0.6 is 0 Å². The molecule has 40 heavy (non-hydrogen) atoms.